The quantitative estimate of drug-likeness (QED) is 0.821. The molecule has 2 aromatic rings. The molecule has 0 aliphatic heterocycles. The number of hydrogen-bond acceptors (Lipinski definition) is 4. The lowest BCUT2D eigenvalue weighted by Gasteiger charge is -2.17. The molecule has 0 fully saturated rings. The van der Waals surface area contributed by atoms with Crippen molar-refractivity contribution in [2.45, 2.75) is 6.04 Å². The lowest BCUT2D eigenvalue weighted by Crippen LogP contribution is -2.12. The van der Waals surface area contributed by atoms with Gasteiger partial charge in [-0.1, -0.05) is 0 Å². The van der Waals surface area contributed by atoms with Crippen LogP contribution in [-0.4, -0.2) is 14.2 Å². The van der Waals surface area contributed by atoms with Crippen LogP contribution in [-0.2, 0) is 0 Å². The first kappa shape index (κ1) is 14.8. The Morgan fingerprint density at radius 1 is 1.11 bits per heavy atom. The minimum atomic E-state index is -0.228. The summed E-state index contributed by atoms with van der Waals surface area (Å²) >= 11 is 8.55. The van der Waals surface area contributed by atoms with Crippen LogP contribution < -0.4 is 15.2 Å². The van der Waals surface area contributed by atoms with Gasteiger partial charge >= 0.3 is 0 Å². The first-order valence-electron chi connectivity index (χ1n) is 5.49. The second-order valence-electron chi connectivity index (χ2n) is 3.82. The van der Waals surface area contributed by atoms with Crippen LogP contribution in [0.25, 0.3) is 0 Å². The molecule has 3 nitrogen and oxygen atoms in total. The van der Waals surface area contributed by atoms with Crippen LogP contribution in [0.1, 0.15) is 16.5 Å². The maximum absolute atomic E-state index is 6.31. The van der Waals surface area contributed by atoms with Gasteiger partial charge in [0.05, 0.1) is 24.0 Å². The largest absolute Gasteiger partial charge is 0.495 e. The third kappa shape index (κ3) is 2.97. The molecule has 19 heavy (non-hydrogen) atoms. The molecule has 0 aliphatic rings. The summed E-state index contributed by atoms with van der Waals surface area (Å²) in [4.78, 5) is 1.07. The lowest BCUT2D eigenvalue weighted by molar-refractivity contribution is 0.385. The molecule has 1 aromatic carbocycles. The minimum Gasteiger partial charge on any atom is -0.495 e. The predicted molar refractivity (Wildman–Crippen MR) is 85.3 cm³/mol. The van der Waals surface area contributed by atoms with Crippen molar-refractivity contribution >= 4 is 43.2 Å². The molecular formula is C13H13Br2NO2S. The van der Waals surface area contributed by atoms with E-state index in [1.807, 2.05) is 24.3 Å². The minimum absolute atomic E-state index is 0.228. The molecule has 1 aromatic heterocycles. The number of halogens is 2. The zero-order valence-corrected chi connectivity index (χ0v) is 14.4. The smallest absolute Gasteiger partial charge is 0.141 e. The zero-order valence-electron chi connectivity index (χ0n) is 10.4. The Hall–Kier alpha value is -0.560. The fourth-order valence-electron chi connectivity index (χ4n) is 1.81. The fourth-order valence-corrected chi connectivity index (χ4v) is 3.94. The Bertz CT molecular complexity index is 586. The van der Waals surface area contributed by atoms with E-state index in [9.17, 15) is 0 Å². The highest BCUT2D eigenvalue weighted by Crippen LogP contribution is 2.41. The topological polar surface area (TPSA) is 44.5 Å². The molecule has 0 saturated heterocycles. The van der Waals surface area contributed by atoms with E-state index >= 15 is 0 Å². The molecular weight excluding hydrogens is 394 g/mol. The summed E-state index contributed by atoms with van der Waals surface area (Å²) in [6, 6.07) is 7.58. The Kier molecular flexibility index (Phi) is 4.89. The molecule has 1 heterocycles. The molecule has 1 unspecified atom stereocenters. The van der Waals surface area contributed by atoms with Gasteiger partial charge in [-0.05, 0) is 56.1 Å². The number of hydrogen-bond donors (Lipinski definition) is 1. The van der Waals surface area contributed by atoms with Crippen LogP contribution in [0.15, 0.2) is 32.5 Å². The van der Waals surface area contributed by atoms with Crippen LogP contribution in [0, 0.1) is 0 Å². The summed E-state index contributed by atoms with van der Waals surface area (Å²) < 4.78 is 12.6. The number of benzene rings is 1. The number of methoxy groups -OCH3 is 2. The number of rotatable bonds is 4. The normalized spacial score (nSPS) is 12.3. The van der Waals surface area contributed by atoms with Crippen molar-refractivity contribution in [3.8, 4) is 11.5 Å². The molecule has 2 rings (SSSR count). The summed E-state index contributed by atoms with van der Waals surface area (Å²) in [5.41, 5.74) is 7.24. The van der Waals surface area contributed by atoms with E-state index in [2.05, 4.69) is 31.9 Å². The van der Waals surface area contributed by atoms with Gasteiger partial charge in [-0.2, -0.15) is 0 Å². The van der Waals surface area contributed by atoms with Crippen molar-refractivity contribution in [2.75, 3.05) is 14.2 Å². The number of thiophene rings is 1. The van der Waals surface area contributed by atoms with Crippen LogP contribution in [0.3, 0.4) is 0 Å². The number of ether oxygens (including phenoxy) is 2. The van der Waals surface area contributed by atoms with Crippen molar-refractivity contribution in [3.63, 3.8) is 0 Å². The molecule has 0 spiro atoms. The van der Waals surface area contributed by atoms with Crippen LogP contribution >= 0.6 is 43.2 Å². The summed E-state index contributed by atoms with van der Waals surface area (Å²) in [7, 11) is 3.25. The Morgan fingerprint density at radius 3 is 2.37 bits per heavy atom. The van der Waals surface area contributed by atoms with E-state index in [0.717, 1.165) is 24.4 Å². The van der Waals surface area contributed by atoms with Crippen LogP contribution in [0.4, 0.5) is 0 Å². The van der Waals surface area contributed by atoms with E-state index in [4.69, 9.17) is 15.2 Å². The third-order valence-electron chi connectivity index (χ3n) is 2.75. The maximum atomic E-state index is 6.31. The first-order valence-corrected chi connectivity index (χ1v) is 7.90. The van der Waals surface area contributed by atoms with Crippen LogP contribution in [0.5, 0.6) is 11.5 Å². The van der Waals surface area contributed by atoms with E-state index in [0.29, 0.717) is 5.75 Å². The van der Waals surface area contributed by atoms with Gasteiger partial charge in [0.25, 0.3) is 0 Å². The molecule has 1 atom stereocenters. The Balaban J connectivity index is 2.47. The second-order valence-corrected chi connectivity index (χ2v) is 7.11. The van der Waals surface area contributed by atoms with Gasteiger partial charge in [-0.15, -0.1) is 11.3 Å². The number of nitrogens with two attached hydrogens (primary N) is 1. The first-order chi connectivity index (χ1) is 9.08. The molecule has 0 radical (unpaired) electrons. The molecule has 6 heteroatoms. The summed E-state index contributed by atoms with van der Waals surface area (Å²) in [6.07, 6.45) is 0. The van der Waals surface area contributed by atoms with Gasteiger partial charge in [0.15, 0.2) is 0 Å². The summed E-state index contributed by atoms with van der Waals surface area (Å²) in [6.45, 7) is 0. The molecule has 0 saturated carbocycles. The predicted octanol–water partition coefficient (Wildman–Crippen LogP) is 4.34. The highest BCUT2D eigenvalue weighted by atomic mass is 79.9. The Labute approximate surface area is 133 Å². The van der Waals surface area contributed by atoms with E-state index in [1.54, 1.807) is 25.6 Å². The molecule has 102 valence electrons. The van der Waals surface area contributed by atoms with E-state index in [-0.39, 0.29) is 6.04 Å². The van der Waals surface area contributed by atoms with Gasteiger partial charge in [-0.25, -0.2) is 0 Å². The molecule has 0 aliphatic carbocycles. The van der Waals surface area contributed by atoms with Crippen molar-refractivity contribution in [2.24, 2.45) is 5.73 Å². The van der Waals surface area contributed by atoms with E-state index in [1.165, 1.54) is 0 Å². The average molecular weight is 407 g/mol. The Morgan fingerprint density at radius 2 is 1.84 bits per heavy atom. The maximum Gasteiger partial charge on any atom is 0.141 e. The van der Waals surface area contributed by atoms with E-state index < -0.39 is 0 Å². The van der Waals surface area contributed by atoms with Crippen molar-refractivity contribution in [3.05, 3.63) is 43.0 Å². The van der Waals surface area contributed by atoms with Gasteiger partial charge in [0.2, 0.25) is 0 Å². The monoisotopic (exact) mass is 405 g/mol. The molecule has 0 bridgehead atoms. The highest BCUT2D eigenvalue weighted by molar-refractivity contribution is 9.11. The average Bonchev–Trinajstić information content (AvgIpc) is 2.84. The van der Waals surface area contributed by atoms with Crippen molar-refractivity contribution < 1.29 is 9.47 Å². The van der Waals surface area contributed by atoms with Gasteiger partial charge in [0.1, 0.15) is 16.0 Å². The van der Waals surface area contributed by atoms with Gasteiger partial charge in [0, 0.05) is 10.4 Å². The highest BCUT2D eigenvalue weighted by Gasteiger charge is 2.20. The summed E-state index contributed by atoms with van der Waals surface area (Å²) in [5, 5.41) is 0. The van der Waals surface area contributed by atoms with Crippen molar-refractivity contribution in [1.82, 2.24) is 0 Å². The fraction of sp³-hybridized carbons (Fsp3) is 0.231. The SMILES string of the molecule is COc1ccc(C(N)c2ccc(Br)s2)c(OC)c1Br. The molecule has 0 amide bonds. The third-order valence-corrected chi connectivity index (χ3v) is 5.21. The lowest BCUT2D eigenvalue weighted by atomic mass is 10.0. The summed E-state index contributed by atoms with van der Waals surface area (Å²) in [5.74, 6) is 1.43. The van der Waals surface area contributed by atoms with Crippen LogP contribution in [0.2, 0.25) is 0 Å². The van der Waals surface area contributed by atoms with Crippen molar-refractivity contribution in [1.29, 1.82) is 0 Å². The molecule has 2 N–H and O–H groups in total. The zero-order chi connectivity index (χ0) is 14.0. The van der Waals surface area contributed by atoms with Gasteiger partial charge in [-0.3, -0.25) is 0 Å². The standard InChI is InChI=1S/C13H13Br2NO2S/c1-17-8-4-3-7(13(18-2)11(8)15)12(16)9-5-6-10(14)19-9/h3-6,12H,16H2,1-2H3. The second kappa shape index (κ2) is 6.26. The van der Waals surface area contributed by atoms with Gasteiger partial charge < -0.3 is 15.2 Å².